The molecule has 6 heteroatoms. The van der Waals surface area contributed by atoms with Gasteiger partial charge in [-0.05, 0) is 30.8 Å². The van der Waals surface area contributed by atoms with Crippen molar-refractivity contribution in [3.63, 3.8) is 0 Å². The van der Waals surface area contributed by atoms with Gasteiger partial charge in [-0.2, -0.15) is 0 Å². The van der Waals surface area contributed by atoms with E-state index in [0.29, 0.717) is 37.2 Å². The van der Waals surface area contributed by atoms with Crippen molar-refractivity contribution in [1.82, 2.24) is 15.1 Å². The van der Waals surface area contributed by atoms with Crippen molar-refractivity contribution >= 4 is 11.8 Å². The third-order valence-electron chi connectivity index (χ3n) is 6.19. The predicted molar refractivity (Wildman–Crippen MR) is 115 cm³/mol. The lowest BCUT2D eigenvalue weighted by atomic mass is 9.95. The minimum atomic E-state index is -0.736. The van der Waals surface area contributed by atoms with Gasteiger partial charge >= 0.3 is 0 Å². The standard InChI is InChI=1S/C24H29N3O3/c1-3-26(4-2)21(18-10-6-5-7-11-18)23(29)27-16-14-24(15-17-27)25-22(28)19-12-8-9-13-20(19)30-24/h5-13,21H,3-4,14-17H2,1-2H3,(H,25,28). The third-order valence-corrected chi connectivity index (χ3v) is 6.19. The number of likely N-dealkylation sites (N-methyl/N-ethyl adjacent to an activating group) is 1. The van der Waals surface area contributed by atoms with Gasteiger partial charge in [0.2, 0.25) is 5.91 Å². The zero-order valence-corrected chi connectivity index (χ0v) is 17.6. The van der Waals surface area contributed by atoms with E-state index in [2.05, 4.69) is 24.1 Å². The molecule has 0 aromatic heterocycles. The zero-order valence-electron chi connectivity index (χ0n) is 17.6. The molecule has 2 aromatic rings. The molecule has 6 nitrogen and oxygen atoms in total. The van der Waals surface area contributed by atoms with Gasteiger partial charge in [-0.15, -0.1) is 0 Å². The van der Waals surface area contributed by atoms with Gasteiger partial charge < -0.3 is 15.0 Å². The lowest BCUT2D eigenvalue weighted by molar-refractivity contribution is -0.141. The van der Waals surface area contributed by atoms with Crippen LogP contribution in [0.2, 0.25) is 0 Å². The van der Waals surface area contributed by atoms with E-state index in [9.17, 15) is 9.59 Å². The Morgan fingerprint density at radius 1 is 1.07 bits per heavy atom. The second-order valence-electron chi connectivity index (χ2n) is 7.91. The van der Waals surface area contributed by atoms with Crippen LogP contribution >= 0.6 is 0 Å². The Bertz CT molecular complexity index is 903. The Labute approximate surface area is 177 Å². The molecule has 2 aliphatic rings. The highest BCUT2D eigenvalue weighted by molar-refractivity contribution is 5.98. The molecular weight excluding hydrogens is 378 g/mol. The fourth-order valence-electron chi connectivity index (χ4n) is 4.48. The number of likely N-dealkylation sites (tertiary alicyclic amines) is 1. The van der Waals surface area contributed by atoms with Crippen molar-refractivity contribution in [1.29, 1.82) is 0 Å². The van der Waals surface area contributed by atoms with E-state index in [1.807, 2.05) is 53.4 Å². The van der Waals surface area contributed by atoms with E-state index in [0.717, 1.165) is 18.7 Å². The second-order valence-corrected chi connectivity index (χ2v) is 7.91. The van der Waals surface area contributed by atoms with Crippen LogP contribution in [0.1, 0.15) is 48.7 Å². The number of fused-ring (bicyclic) bond motifs is 1. The van der Waals surface area contributed by atoms with E-state index in [1.54, 1.807) is 6.07 Å². The third kappa shape index (κ3) is 3.79. The van der Waals surface area contributed by atoms with Crippen LogP contribution in [0.5, 0.6) is 5.75 Å². The molecule has 1 atom stereocenters. The smallest absolute Gasteiger partial charge is 0.258 e. The Morgan fingerprint density at radius 3 is 2.37 bits per heavy atom. The molecule has 158 valence electrons. The maximum atomic E-state index is 13.5. The highest BCUT2D eigenvalue weighted by Crippen LogP contribution is 2.34. The van der Waals surface area contributed by atoms with Gasteiger partial charge in [-0.1, -0.05) is 56.3 Å². The average Bonchev–Trinajstić information content (AvgIpc) is 2.78. The van der Waals surface area contributed by atoms with E-state index >= 15 is 0 Å². The number of rotatable bonds is 5. The first-order valence-corrected chi connectivity index (χ1v) is 10.7. The normalized spacial score (nSPS) is 18.5. The van der Waals surface area contributed by atoms with Crippen LogP contribution in [0.4, 0.5) is 0 Å². The van der Waals surface area contributed by atoms with Crippen molar-refractivity contribution in [2.24, 2.45) is 0 Å². The number of benzene rings is 2. The molecule has 0 radical (unpaired) electrons. The summed E-state index contributed by atoms with van der Waals surface area (Å²) in [6, 6.07) is 17.0. The van der Waals surface area contributed by atoms with Gasteiger partial charge in [-0.3, -0.25) is 14.5 Å². The molecule has 30 heavy (non-hydrogen) atoms. The van der Waals surface area contributed by atoms with Crippen LogP contribution in [0.3, 0.4) is 0 Å². The van der Waals surface area contributed by atoms with E-state index < -0.39 is 5.72 Å². The molecule has 0 saturated carbocycles. The zero-order chi connectivity index (χ0) is 21.1. The monoisotopic (exact) mass is 407 g/mol. The van der Waals surface area contributed by atoms with Gasteiger partial charge in [0.05, 0.1) is 5.56 Å². The maximum absolute atomic E-state index is 13.5. The quantitative estimate of drug-likeness (QED) is 0.827. The molecule has 1 spiro atoms. The Morgan fingerprint density at radius 2 is 1.70 bits per heavy atom. The summed E-state index contributed by atoms with van der Waals surface area (Å²) in [5.74, 6) is 0.621. The lowest BCUT2D eigenvalue weighted by Crippen LogP contribution is -2.62. The van der Waals surface area contributed by atoms with Crippen molar-refractivity contribution in [2.45, 2.75) is 38.5 Å². The summed E-state index contributed by atoms with van der Waals surface area (Å²) in [5.41, 5.74) is 0.842. The van der Waals surface area contributed by atoms with Gasteiger partial charge in [0.15, 0.2) is 5.72 Å². The molecule has 2 heterocycles. The number of piperidine rings is 1. The van der Waals surface area contributed by atoms with Gasteiger partial charge in [0.1, 0.15) is 11.8 Å². The first-order valence-electron chi connectivity index (χ1n) is 10.7. The number of para-hydroxylation sites is 1. The molecule has 4 rings (SSSR count). The Kier molecular flexibility index (Phi) is 5.77. The Balaban J connectivity index is 1.50. The highest BCUT2D eigenvalue weighted by atomic mass is 16.5. The van der Waals surface area contributed by atoms with Crippen LogP contribution in [0, 0.1) is 0 Å². The number of nitrogens with one attached hydrogen (secondary N) is 1. The fraction of sp³-hybridized carbons (Fsp3) is 0.417. The number of carbonyl (C=O) groups excluding carboxylic acids is 2. The predicted octanol–water partition coefficient (Wildman–Crippen LogP) is 3.21. The van der Waals surface area contributed by atoms with Crippen LogP contribution in [-0.2, 0) is 4.79 Å². The van der Waals surface area contributed by atoms with E-state index in [-0.39, 0.29) is 17.9 Å². The SMILES string of the molecule is CCN(CC)C(C(=O)N1CCC2(CC1)NC(=O)c1ccccc1O2)c1ccccc1. The molecule has 2 amide bonds. The summed E-state index contributed by atoms with van der Waals surface area (Å²) in [4.78, 5) is 30.2. The van der Waals surface area contributed by atoms with Crippen LogP contribution < -0.4 is 10.1 Å². The number of carbonyl (C=O) groups is 2. The molecule has 2 aliphatic heterocycles. The highest BCUT2D eigenvalue weighted by Gasteiger charge is 2.44. The molecule has 0 aliphatic carbocycles. The Hall–Kier alpha value is -2.86. The average molecular weight is 408 g/mol. The van der Waals surface area contributed by atoms with Crippen molar-refractivity contribution in [3.8, 4) is 5.75 Å². The molecule has 2 aromatic carbocycles. The van der Waals surface area contributed by atoms with E-state index in [4.69, 9.17) is 4.74 Å². The summed E-state index contributed by atoms with van der Waals surface area (Å²) < 4.78 is 6.21. The van der Waals surface area contributed by atoms with Crippen LogP contribution in [0.25, 0.3) is 0 Å². The van der Waals surface area contributed by atoms with Crippen molar-refractivity contribution in [3.05, 3.63) is 65.7 Å². The molecule has 1 N–H and O–H groups in total. The minimum Gasteiger partial charge on any atom is -0.467 e. The van der Waals surface area contributed by atoms with Crippen molar-refractivity contribution < 1.29 is 14.3 Å². The first-order chi connectivity index (χ1) is 14.6. The summed E-state index contributed by atoms with van der Waals surface area (Å²) in [6.07, 6.45) is 1.14. The first kappa shape index (κ1) is 20.4. The topological polar surface area (TPSA) is 61.9 Å². The molecule has 1 saturated heterocycles. The molecule has 1 fully saturated rings. The number of nitrogens with zero attached hydrogens (tertiary/aromatic N) is 2. The summed E-state index contributed by atoms with van der Waals surface area (Å²) in [7, 11) is 0. The largest absolute Gasteiger partial charge is 0.467 e. The number of hydrogen-bond donors (Lipinski definition) is 1. The minimum absolute atomic E-state index is 0.109. The van der Waals surface area contributed by atoms with Crippen LogP contribution in [0.15, 0.2) is 54.6 Å². The summed E-state index contributed by atoms with van der Waals surface area (Å²) >= 11 is 0. The number of ether oxygens (including phenoxy) is 1. The number of amides is 2. The van der Waals surface area contributed by atoms with Crippen molar-refractivity contribution in [2.75, 3.05) is 26.2 Å². The molecular formula is C24H29N3O3. The van der Waals surface area contributed by atoms with Gasteiger partial charge in [-0.25, -0.2) is 0 Å². The molecule has 1 unspecified atom stereocenters. The maximum Gasteiger partial charge on any atom is 0.258 e. The van der Waals surface area contributed by atoms with Gasteiger partial charge in [0, 0.05) is 25.9 Å². The fourth-order valence-corrected chi connectivity index (χ4v) is 4.48. The van der Waals surface area contributed by atoms with E-state index in [1.165, 1.54) is 0 Å². The summed E-state index contributed by atoms with van der Waals surface area (Å²) in [6.45, 7) is 6.87. The molecule has 0 bridgehead atoms. The number of hydrogen-bond acceptors (Lipinski definition) is 4. The van der Waals surface area contributed by atoms with Crippen LogP contribution in [-0.4, -0.2) is 53.5 Å². The van der Waals surface area contributed by atoms with Gasteiger partial charge in [0.25, 0.3) is 5.91 Å². The summed E-state index contributed by atoms with van der Waals surface area (Å²) in [5, 5.41) is 3.04. The second kappa shape index (κ2) is 8.48. The lowest BCUT2D eigenvalue weighted by Gasteiger charge is -2.45.